The van der Waals surface area contributed by atoms with Crippen LogP contribution in [0.3, 0.4) is 0 Å². The number of carbonyl (C=O) groups excluding carboxylic acids is 1. The van der Waals surface area contributed by atoms with E-state index in [2.05, 4.69) is 5.32 Å². The highest BCUT2D eigenvalue weighted by Gasteiger charge is 2.24. The van der Waals surface area contributed by atoms with Crippen LogP contribution in [0.4, 0.5) is 5.69 Å². The maximum absolute atomic E-state index is 11.9. The Balaban J connectivity index is 1.88. The maximum Gasteiger partial charge on any atom is 0.224 e. The summed E-state index contributed by atoms with van der Waals surface area (Å²) in [6, 6.07) is 7.23. The molecule has 4 heteroatoms. The third-order valence-corrected chi connectivity index (χ3v) is 3.39. The number of anilines is 1. The Kier molecular flexibility index (Phi) is 4.20. The number of nitrogens with two attached hydrogens (primary N) is 1. The first-order chi connectivity index (χ1) is 8.65. The Morgan fingerprint density at radius 1 is 1.39 bits per heavy atom. The highest BCUT2D eigenvalue weighted by Crippen LogP contribution is 2.18. The van der Waals surface area contributed by atoms with Gasteiger partial charge < -0.3 is 16.2 Å². The number of nitrogen functional groups attached to an aromatic ring is 1. The van der Waals surface area contributed by atoms with Gasteiger partial charge in [-0.1, -0.05) is 25.0 Å². The average Bonchev–Trinajstić information content (AvgIpc) is 2.32. The lowest BCUT2D eigenvalue weighted by molar-refractivity contribution is -0.122. The molecule has 1 aromatic carbocycles. The molecule has 1 aliphatic carbocycles. The van der Waals surface area contributed by atoms with E-state index in [1.54, 1.807) is 12.1 Å². The van der Waals surface area contributed by atoms with Gasteiger partial charge in [-0.3, -0.25) is 4.79 Å². The summed E-state index contributed by atoms with van der Waals surface area (Å²) in [5, 5.41) is 12.7. The van der Waals surface area contributed by atoms with Crippen molar-refractivity contribution >= 4 is 11.6 Å². The van der Waals surface area contributed by atoms with Crippen molar-refractivity contribution in [3.05, 3.63) is 29.8 Å². The van der Waals surface area contributed by atoms with E-state index in [1.165, 1.54) is 0 Å². The summed E-state index contributed by atoms with van der Waals surface area (Å²) in [6.45, 7) is 0. The van der Waals surface area contributed by atoms with E-state index in [0.29, 0.717) is 12.1 Å². The van der Waals surface area contributed by atoms with Gasteiger partial charge >= 0.3 is 0 Å². The first-order valence-corrected chi connectivity index (χ1v) is 6.47. The zero-order valence-electron chi connectivity index (χ0n) is 10.4. The SMILES string of the molecule is Nc1cccc(CC(=O)N[C@H]2CCCC[C@@H]2O)c1. The van der Waals surface area contributed by atoms with Crippen LogP contribution in [0.5, 0.6) is 0 Å². The van der Waals surface area contributed by atoms with Gasteiger partial charge in [0.05, 0.1) is 18.6 Å². The van der Waals surface area contributed by atoms with Crippen LogP contribution in [-0.2, 0) is 11.2 Å². The first kappa shape index (κ1) is 12.9. The molecule has 0 heterocycles. The number of hydrogen-bond acceptors (Lipinski definition) is 3. The van der Waals surface area contributed by atoms with Crippen molar-refractivity contribution in [3.63, 3.8) is 0 Å². The molecule has 2 rings (SSSR count). The number of carbonyl (C=O) groups is 1. The predicted octanol–water partition coefficient (Wildman–Crippen LogP) is 1.23. The van der Waals surface area contributed by atoms with Gasteiger partial charge in [0.25, 0.3) is 0 Å². The molecule has 1 aliphatic rings. The van der Waals surface area contributed by atoms with E-state index in [-0.39, 0.29) is 11.9 Å². The van der Waals surface area contributed by atoms with Crippen molar-refractivity contribution in [2.24, 2.45) is 0 Å². The van der Waals surface area contributed by atoms with Gasteiger partial charge in [-0.2, -0.15) is 0 Å². The van der Waals surface area contributed by atoms with Gasteiger partial charge in [0.1, 0.15) is 0 Å². The lowest BCUT2D eigenvalue weighted by Gasteiger charge is -2.28. The van der Waals surface area contributed by atoms with Crippen LogP contribution >= 0.6 is 0 Å². The number of aliphatic hydroxyl groups excluding tert-OH is 1. The van der Waals surface area contributed by atoms with Crippen molar-refractivity contribution in [1.29, 1.82) is 0 Å². The Morgan fingerprint density at radius 3 is 2.89 bits per heavy atom. The average molecular weight is 248 g/mol. The van der Waals surface area contributed by atoms with Crippen LogP contribution in [0.1, 0.15) is 31.2 Å². The smallest absolute Gasteiger partial charge is 0.224 e. The van der Waals surface area contributed by atoms with E-state index >= 15 is 0 Å². The Bertz CT molecular complexity index is 420. The summed E-state index contributed by atoms with van der Waals surface area (Å²) in [4.78, 5) is 11.9. The van der Waals surface area contributed by atoms with Crippen LogP contribution in [0.25, 0.3) is 0 Å². The molecule has 1 amide bonds. The van der Waals surface area contributed by atoms with E-state index in [1.807, 2.05) is 12.1 Å². The zero-order valence-corrected chi connectivity index (χ0v) is 10.4. The molecule has 1 aromatic rings. The molecule has 0 spiro atoms. The fourth-order valence-corrected chi connectivity index (χ4v) is 2.43. The minimum atomic E-state index is -0.399. The van der Waals surface area contributed by atoms with Crippen LogP contribution in [-0.4, -0.2) is 23.2 Å². The van der Waals surface area contributed by atoms with Gasteiger partial charge in [-0.25, -0.2) is 0 Å². The topological polar surface area (TPSA) is 75.4 Å². The zero-order chi connectivity index (χ0) is 13.0. The second-order valence-electron chi connectivity index (χ2n) is 4.95. The molecule has 0 aliphatic heterocycles. The fraction of sp³-hybridized carbons (Fsp3) is 0.500. The number of aliphatic hydroxyl groups is 1. The number of rotatable bonds is 3. The minimum Gasteiger partial charge on any atom is -0.399 e. The highest BCUT2D eigenvalue weighted by atomic mass is 16.3. The van der Waals surface area contributed by atoms with Gasteiger partial charge in [0.15, 0.2) is 0 Å². The van der Waals surface area contributed by atoms with Gasteiger partial charge in [0.2, 0.25) is 5.91 Å². The molecule has 0 aromatic heterocycles. The highest BCUT2D eigenvalue weighted by molar-refractivity contribution is 5.79. The summed E-state index contributed by atoms with van der Waals surface area (Å²) in [7, 11) is 0. The maximum atomic E-state index is 11.9. The molecular weight excluding hydrogens is 228 g/mol. The largest absolute Gasteiger partial charge is 0.399 e. The van der Waals surface area contributed by atoms with E-state index in [4.69, 9.17) is 5.73 Å². The first-order valence-electron chi connectivity index (χ1n) is 6.47. The normalized spacial score (nSPS) is 23.6. The Morgan fingerprint density at radius 2 is 2.17 bits per heavy atom. The molecule has 0 unspecified atom stereocenters. The summed E-state index contributed by atoms with van der Waals surface area (Å²) in [5.74, 6) is -0.0495. The third kappa shape index (κ3) is 3.47. The van der Waals surface area contributed by atoms with Crippen molar-refractivity contribution in [2.45, 2.75) is 44.2 Å². The summed E-state index contributed by atoms with van der Waals surface area (Å²) < 4.78 is 0. The monoisotopic (exact) mass is 248 g/mol. The quantitative estimate of drug-likeness (QED) is 0.704. The summed E-state index contributed by atoms with van der Waals surface area (Å²) >= 11 is 0. The van der Waals surface area contributed by atoms with Crippen LogP contribution in [0, 0.1) is 0 Å². The van der Waals surface area contributed by atoms with Crippen LogP contribution < -0.4 is 11.1 Å². The fourth-order valence-electron chi connectivity index (χ4n) is 2.43. The number of nitrogens with one attached hydrogen (secondary N) is 1. The molecular formula is C14H20N2O2. The summed E-state index contributed by atoms with van der Waals surface area (Å²) in [5.41, 5.74) is 7.23. The van der Waals surface area contributed by atoms with E-state index in [9.17, 15) is 9.90 Å². The lowest BCUT2D eigenvalue weighted by Crippen LogP contribution is -2.45. The van der Waals surface area contributed by atoms with Crippen molar-refractivity contribution in [2.75, 3.05) is 5.73 Å². The Hall–Kier alpha value is -1.55. The number of benzene rings is 1. The van der Waals surface area contributed by atoms with Crippen LogP contribution in [0.15, 0.2) is 24.3 Å². The number of amides is 1. The Labute approximate surface area is 107 Å². The minimum absolute atomic E-state index is 0.0495. The summed E-state index contributed by atoms with van der Waals surface area (Å²) in [6.07, 6.45) is 3.67. The van der Waals surface area contributed by atoms with E-state index in [0.717, 1.165) is 31.2 Å². The van der Waals surface area contributed by atoms with Crippen LogP contribution in [0.2, 0.25) is 0 Å². The number of hydrogen-bond donors (Lipinski definition) is 3. The van der Waals surface area contributed by atoms with Crippen molar-refractivity contribution < 1.29 is 9.90 Å². The third-order valence-electron chi connectivity index (χ3n) is 3.39. The molecule has 4 N–H and O–H groups in total. The molecule has 1 saturated carbocycles. The van der Waals surface area contributed by atoms with Gasteiger partial charge in [-0.05, 0) is 30.5 Å². The molecule has 0 saturated heterocycles. The molecule has 0 bridgehead atoms. The predicted molar refractivity (Wildman–Crippen MR) is 71.0 cm³/mol. The molecule has 1 fully saturated rings. The molecule has 0 radical (unpaired) electrons. The second kappa shape index (κ2) is 5.87. The lowest BCUT2D eigenvalue weighted by atomic mass is 9.92. The molecule has 4 nitrogen and oxygen atoms in total. The molecule has 18 heavy (non-hydrogen) atoms. The van der Waals surface area contributed by atoms with Crippen molar-refractivity contribution in [3.8, 4) is 0 Å². The van der Waals surface area contributed by atoms with Gasteiger partial charge in [0, 0.05) is 5.69 Å². The molecule has 2 atom stereocenters. The second-order valence-corrected chi connectivity index (χ2v) is 4.95. The standard InChI is InChI=1S/C14H20N2O2/c15-11-5-3-4-10(8-11)9-14(18)16-12-6-1-2-7-13(12)17/h3-5,8,12-13,17H,1-2,6-7,9,15H2,(H,16,18)/t12-,13-/m0/s1. The van der Waals surface area contributed by atoms with Gasteiger partial charge in [-0.15, -0.1) is 0 Å². The molecule has 98 valence electrons. The van der Waals surface area contributed by atoms with Crippen molar-refractivity contribution in [1.82, 2.24) is 5.32 Å². The van der Waals surface area contributed by atoms with E-state index < -0.39 is 6.10 Å².